The molecule has 0 bridgehead atoms. The Morgan fingerprint density at radius 2 is 1.55 bits per heavy atom. The standard InChI is InChI=1S/C7H3Br2O2/c8-5-1-4(7(10)11)2-6(9)3-5/h1-3H. The van der Waals surface area contributed by atoms with E-state index in [9.17, 15) is 9.90 Å². The molecular formula is C7H3Br2O2. The Kier molecular flexibility index (Phi) is 2.67. The van der Waals surface area contributed by atoms with Crippen LogP contribution in [-0.4, -0.2) is 5.97 Å². The maximum atomic E-state index is 10.4. The minimum Gasteiger partial charge on any atom is -0.242 e. The van der Waals surface area contributed by atoms with E-state index in [1.165, 1.54) is 12.1 Å². The van der Waals surface area contributed by atoms with Crippen LogP contribution in [0.2, 0.25) is 0 Å². The van der Waals surface area contributed by atoms with E-state index in [1.54, 1.807) is 6.07 Å². The first-order valence-electron chi connectivity index (χ1n) is 2.77. The van der Waals surface area contributed by atoms with Crippen molar-refractivity contribution in [1.82, 2.24) is 0 Å². The van der Waals surface area contributed by atoms with E-state index in [0.29, 0.717) is 8.95 Å². The monoisotopic (exact) mass is 277 g/mol. The summed E-state index contributed by atoms with van der Waals surface area (Å²) < 4.78 is 1.43. The van der Waals surface area contributed by atoms with Gasteiger partial charge in [-0.25, -0.2) is 9.90 Å². The molecule has 0 spiro atoms. The molecule has 0 aromatic heterocycles. The summed E-state index contributed by atoms with van der Waals surface area (Å²) in [6.45, 7) is 0. The van der Waals surface area contributed by atoms with Gasteiger partial charge >= 0.3 is 5.97 Å². The van der Waals surface area contributed by atoms with Crippen molar-refractivity contribution in [2.45, 2.75) is 0 Å². The number of rotatable bonds is 1. The molecule has 0 heterocycles. The lowest BCUT2D eigenvalue weighted by Crippen LogP contribution is -1.93. The zero-order chi connectivity index (χ0) is 8.43. The molecule has 0 saturated carbocycles. The number of hydrogen-bond acceptors (Lipinski definition) is 1. The SMILES string of the molecule is [O]C(=O)c1cc(Br)cc(Br)c1. The molecule has 2 nitrogen and oxygen atoms in total. The first-order chi connectivity index (χ1) is 5.09. The van der Waals surface area contributed by atoms with Crippen molar-refractivity contribution in [2.75, 3.05) is 0 Å². The summed E-state index contributed by atoms with van der Waals surface area (Å²) in [6.07, 6.45) is 0. The molecule has 0 aliphatic rings. The molecule has 4 heteroatoms. The molecule has 1 aromatic rings. The molecule has 0 amide bonds. The van der Waals surface area contributed by atoms with Gasteiger partial charge in [-0.05, 0) is 18.2 Å². The number of carbonyl (C=O) groups is 1. The first kappa shape index (κ1) is 8.74. The van der Waals surface area contributed by atoms with E-state index in [4.69, 9.17) is 0 Å². The second kappa shape index (κ2) is 3.36. The third-order valence-electron chi connectivity index (χ3n) is 1.10. The molecule has 1 radical (unpaired) electrons. The molecule has 0 N–H and O–H groups in total. The van der Waals surface area contributed by atoms with Crippen LogP contribution in [-0.2, 0) is 5.11 Å². The predicted molar refractivity (Wildman–Crippen MR) is 46.9 cm³/mol. The van der Waals surface area contributed by atoms with Gasteiger partial charge in [0.15, 0.2) is 0 Å². The van der Waals surface area contributed by atoms with E-state index >= 15 is 0 Å². The minimum atomic E-state index is -1.17. The van der Waals surface area contributed by atoms with Crippen molar-refractivity contribution >= 4 is 37.8 Å². The van der Waals surface area contributed by atoms with Crippen LogP contribution in [0.1, 0.15) is 10.4 Å². The van der Waals surface area contributed by atoms with E-state index in [2.05, 4.69) is 31.9 Å². The summed E-state index contributed by atoms with van der Waals surface area (Å²) in [7, 11) is 0. The second-order valence-electron chi connectivity index (χ2n) is 1.95. The third kappa shape index (κ3) is 2.31. The Morgan fingerprint density at radius 1 is 1.09 bits per heavy atom. The summed E-state index contributed by atoms with van der Waals surface area (Å²) >= 11 is 6.32. The lowest BCUT2D eigenvalue weighted by Gasteiger charge is -1.94. The molecule has 0 aliphatic carbocycles. The van der Waals surface area contributed by atoms with Crippen LogP contribution in [0.25, 0.3) is 0 Å². The topological polar surface area (TPSA) is 37.0 Å². The summed E-state index contributed by atoms with van der Waals surface area (Å²) in [5.74, 6) is -1.17. The van der Waals surface area contributed by atoms with Crippen LogP contribution in [0, 0.1) is 0 Å². The minimum absolute atomic E-state index is 0.159. The fourth-order valence-electron chi connectivity index (χ4n) is 0.672. The van der Waals surface area contributed by atoms with Gasteiger partial charge in [-0.15, -0.1) is 0 Å². The lowest BCUT2D eigenvalue weighted by atomic mass is 10.2. The fraction of sp³-hybridized carbons (Fsp3) is 0. The van der Waals surface area contributed by atoms with Gasteiger partial charge in [0.2, 0.25) is 0 Å². The molecule has 0 saturated heterocycles. The van der Waals surface area contributed by atoms with Crippen LogP contribution in [0.4, 0.5) is 0 Å². The van der Waals surface area contributed by atoms with Crippen LogP contribution in [0.3, 0.4) is 0 Å². The molecular weight excluding hydrogens is 276 g/mol. The summed E-state index contributed by atoms with van der Waals surface area (Å²) in [4.78, 5) is 10.4. The molecule has 0 atom stereocenters. The number of carbonyl (C=O) groups excluding carboxylic acids is 1. The van der Waals surface area contributed by atoms with Gasteiger partial charge in [-0.3, -0.25) is 0 Å². The Morgan fingerprint density at radius 3 is 1.91 bits per heavy atom. The van der Waals surface area contributed by atoms with Crippen molar-refractivity contribution in [3.05, 3.63) is 32.7 Å². The Hall–Kier alpha value is -0.350. The van der Waals surface area contributed by atoms with Gasteiger partial charge in [0.05, 0.1) is 5.56 Å². The zero-order valence-corrected chi connectivity index (χ0v) is 8.48. The van der Waals surface area contributed by atoms with E-state index in [0.717, 1.165) is 0 Å². The van der Waals surface area contributed by atoms with Gasteiger partial charge in [0.1, 0.15) is 0 Å². The van der Waals surface area contributed by atoms with Crippen molar-refractivity contribution < 1.29 is 9.90 Å². The Balaban J connectivity index is 3.19. The van der Waals surface area contributed by atoms with Crippen molar-refractivity contribution in [3.63, 3.8) is 0 Å². The summed E-state index contributed by atoms with van der Waals surface area (Å²) in [5.41, 5.74) is 0.159. The van der Waals surface area contributed by atoms with Gasteiger partial charge in [0.25, 0.3) is 0 Å². The average molecular weight is 279 g/mol. The molecule has 57 valence electrons. The van der Waals surface area contributed by atoms with E-state index < -0.39 is 5.97 Å². The molecule has 0 aliphatic heterocycles. The van der Waals surface area contributed by atoms with Crippen molar-refractivity contribution in [2.24, 2.45) is 0 Å². The summed E-state index contributed by atoms with van der Waals surface area (Å²) in [5, 5.41) is 10.4. The highest BCUT2D eigenvalue weighted by Gasteiger charge is 2.05. The van der Waals surface area contributed by atoms with Crippen LogP contribution in [0.5, 0.6) is 0 Å². The highest BCUT2D eigenvalue weighted by atomic mass is 79.9. The largest absolute Gasteiger partial charge is 0.386 e. The first-order valence-corrected chi connectivity index (χ1v) is 4.35. The van der Waals surface area contributed by atoms with E-state index in [-0.39, 0.29) is 5.56 Å². The van der Waals surface area contributed by atoms with Crippen molar-refractivity contribution in [1.29, 1.82) is 0 Å². The molecule has 11 heavy (non-hydrogen) atoms. The molecule has 1 aromatic carbocycles. The lowest BCUT2D eigenvalue weighted by molar-refractivity contribution is 0.0573. The van der Waals surface area contributed by atoms with Crippen molar-refractivity contribution in [3.8, 4) is 0 Å². The van der Waals surface area contributed by atoms with Crippen LogP contribution in [0.15, 0.2) is 27.1 Å². The van der Waals surface area contributed by atoms with Gasteiger partial charge in [0, 0.05) is 8.95 Å². The molecule has 1 rings (SSSR count). The second-order valence-corrected chi connectivity index (χ2v) is 3.78. The Bertz CT molecular complexity index is 276. The molecule has 0 fully saturated rings. The normalized spacial score (nSPS) is 9.64. The highest BCUT2D eigenvalue weighted by Crippen LogP contribution is 2.19. The smallest absolute Gasteiger partial charge is 0.242 e. The molecule has 0 unspecified atom stereocenters. The Labute approximate surface area is 80.5 Å². The quantitative estimate of drug-likeness (QED) is 0.778. The maximum absolute atomic E-state index is 10.4. The number of hydrogen-bond donors (Lipinski definition) is 0. The van der Waals surface area contributed by atoms with Gasteiger partial charge in [-0.2, -0.15) is 0 Å². The number of benzene rings is 1. The maximum Gasteiger partial charge on any atom is 0.386 e. The predicted octanol–water partition coefficient (Wildman–Crippen LogP) is 2.78. The average Bonchev–Trinajstić information content (AvgIpc) is 1.85. The van der Waals surface area contributed by atoms with Gasteiger partial charge < -0.3 is 0 Å². The van der Waals surface area contributed by atoms with Gasteiger partial charge in [-0.1, -0.05) is 31.9 Å². The van der Waals surface area contributed by atoms with Crippen LogP contribution < -0.4 is 0 Å². The zero-order valence-electron chi connectivity index (χ0n) is 5.30. The van der Waals surface area contributed by atoms with Crippen LogP contribution >= 0.6 is 31.9 Å². The summed E-state index contributed by atoms with van der Waals surface area (Å²) in [6, 6.07) is 4.73. The number of halogens is 2. The fourth-order valence-corrected chi connectivity index (χ4v) is 1.97. The third-order valence-corrected chi connectivity index (χ3v) is 2.01. The highest BCUT2D eigenvalue weighted by molar-refractivity contribution is 9.11. The van der Waals surface area contributed by atoms with E-state index in [1.807, 2.05) is 0 Å².